The molecule has 5 rings (SSSR count). The Hall–Kier alpha value is -3.95. The molecule has 42 heavy (non-hydrogen) atoms. The molecule has 11 heteroatoms. The van der Waals surface area contributed by atoms with Gasteiger partial charge in [0, 0.05) is 42.3 Å². The first kappa shape index (κ1) is 29.5. The number of piperazine rings is 1. The predicted molar refractivity (Wildman–Crippen MR) is 164 cm³/mol. The number of urea groups is 2. The summed E-state index contributed by atoms with van der Waals surface area (Å²) >= 11 is 12.5. The van der Waals surface area contributed by atoms with E-state index in [0.29, 0.717) is 59.1 Å². The summed E-state index contributed by atoms with van der Waals surface area (Å²) in [4.78, 5) is 36.5. The Morgan fingerprint density at radius 1 is 0.881 bits per heavy atom. The van der Waals surface area contributed by atoms with E-state index in [1.807, 2.05) is 74.5 Å². The van der Waals surface area contributed by atoms with Gasteiger partial charge in [-0.05, 0) is 61.4 Å². The highest BCUT2D eigenvalue weighted by Gasteiger charge is 2.45. The third-order valence-corrected chi connectivity index (χ3v) is 7.85. The lowest BCUT2D eigenvalue weighted by Crippen LogP contribution is -2.56. The first-order valence-electron chi connectivity index (χ1n) is 13.7. The number of carbonyl (C=O) groups excluding carboxylic acids is 2. The van der Waals surface area contributed by atoms with Gasteiger partial charge in [-0.2, -0.15) is 0 Å². The summed E-state index contributed by atoms with van der Waals surface area (Å²) < 4.78 is 11.7. The number of primary amides is 1. The quantitative estimate of drug-likeness (QED) is 0.362. The number of hydrogen-bond acceptors (Lipinski definition) is 5. The van der Waals surface area contributed by atoms with Gasteiger partial charge in [0.15, 0.2) is 0 Å². The van der Waals surface area contributed by atoms with Crippen LogP contribution in [0.15, 0.2) is 71.7 Å². The number of amidine groups is 1. The summed E-state index contributed by atoms with van der Waals surface area (Å²) in [5, 5.41) is 1.19. The Morgan fingerprint density at radius 2 is 1.45 bits per heavy atom. The van der Waals surface area contributed by atoms with E-state index in [1.165, 1.54) is 4.90 Å². The molecule has 9 nitrogen and oxygen atoms in total. The highest BCUT2D eigenvalue weighted by molar-refractivity contribution is 6.30. The highest BCUT2D eigenvalue weighted by atomic mass is 35.5. The van der Waals surface area contributed by atoms with Crippen molar-refractivity contribution in [2.45, 2.75) is 32.0 Å². The third kappa shape index (κ3) is 6.12. The van der Waals surface area contributed by atoms with Gasteiger partial charge in [-0.15, -0.1) is 0 Å². The van der Waals surface area contributed by atoms with Gasteiger partial charge in [-0.3, -0.25) is 9.89 Å². The normalized spacial score (nSPS) is 18.7. The van der Waals surface area contributed by atoms with Gasteiger partial charge >= 0.3 is 12.1 Å². The Bertz CT molecular complexity index is 1470. The minimum Gasteiger partial charge on any atom is -0.497 e. The van der Waals surface area contributed by atoms with E-state index in [4.69, 9.17) is 43.4 Å². The van der Waals surface area contributed by atoms with Crippen LogP contribution in [0.5, 0.6) is 11.5 Å². The van der Waals surface area contributed by atoms with Crippen LogP contribution in [-0.4, -0.2) is 72.0 Å². The monoisotopic (exact) mass is 609 g/mol. The van der Waals surface area contributed by atoms with Crippen LogP contribution in [0.4, 0.5) is 9.59 Å². The van der Waals surface area contributed by atoms with E-state index in [1.54, 1.807) is 23.0 Å². The fourth-order valence-corrected chi connectivity index (χ4v) is 5.54. The molecule has 2 aliphatic heterocycles. The Morgan fingerprint density at radius 3 is 2.00 bits per heavy atom. The average Bonchev–Trinajstić information content (AvgIpc) is 3.37. The first-order valence-corrected chi connectivity index (χ1v) is 14.5. The maximum atomic E-state index is 14.5. The molecule has 0 aliphatic carbocycles. The Labute approximate surface area is 255 Å². The number of nitrogens with two attached hydrogens (primary N) is 1. The van der Waals surface area contributed by atoms with Crippen molar-refractivity contribution >= 4 is 41.1 Å². The number of rotatable bonds is 6. The zero-order chi connectivity index (χ0) is 30.0. The topological polar surface area (TPSA) is 101 Å². The van der Waals surface area contributed by atoms with Gasteiger partial charge in [-0.1, -0.05) is 47.5 Å². The van der Waals surface area contributed by atoms with Crippen molar-refractivity contribution in [1.29, 1.82) is 0 Å². The third-order valence-electron chi connectivity index (χ3n) is 7.35. The van der Waals surface area contributed by atoms with Crippen LogP contribution >= 0.6 is 23.2 Å². The fourth-order valence-electron chi connectivity index (χ4n) is 5.29. The lowest BCUT2D eigenvalue weighted by atomic mass is 9.93. The second kappa shape index (κ2) is 12.5. The van der Waals surface area contributed by atoms with E-state index in [9.17, 15) is 9.59 Å². The van der Waals surface area contributed by atoms with Gasteiger partial charge in [0.2, 0.25) is 0 Å². The maximum Gasteiger partial charge on any atom is 0.326 e. The molecule has 220 valence electrons. The van der Waals surface area contributed by atoms with Crippen LogP contribution < -0.4 is 15.2 Å². The first-order chi connectivity index (χ1) is 20.2. The van der Waals surface area contributed by atoms with Crippen LogP contribution in [0.3, 0.4) is 0 Å². The van der Waals surface area contributed by atoms with Gasteiger partial charge in [0.1, 0.15) is 23.4 Å². The molecular weight excluding hydrogens is 577 g/mol. The summed E-state index contributed by atoms with van der Waals surface area (Å²) in [6.45, 7) is 5.24. The van der Waals surface area contributed by atoms with Crippen molar-refractivity contribution < 1.29 is 19.1 Å². The number of carbonyl (C=O) groups is 2. The zero-order valence-corrected chi connectivity index (χ0v) is 25.2. The standard InChI is InChI=1S/C31H33Cl2N5O4/c1-19(2)42-26-18-24(41-3)12-13-25(26)29-35-27(20-4-8-22(32)9-5-20)28(21-6-10-23(33)11-7-21)38(29)31(40)37-16-14-36(15-17-37)30(34)39/h4-13,18-19,27-28H,14-17H2,1-3H3,(H2,34,39)/t27-,28+/m1/s1. The zero-order valence-electron chi connectivity index (χ0n) is 23.7. The lowest BCUT2D eigenvalue weighted by molar-refractivity contribution is 0.128. The summed E-state index contributed by atoms with van der Waals surface area (Å²) in [7, 11) is 1.59. The number of benzene rings is 3. The molecule has 0 saturated carbocycles. The summed E-state index contributed by atoms with van der Waals surface area (Å²) in [5.74, 6) is 1.64. The molecular formula is C31H33Cl2N5O4. The van der Waals surface area contributed by atoms with Crippen LogP contribution in [-0.2, 0) is 0 Å². The number of aliphatic imine (C=N–C) groups is 1. The Kier molecular flexibility index (Phi) is 8.80. The Balaban J connectivity index is 1.66. The molecule has 0 spiro atoms. The molecule has 2 N–H and O–H groups in total. The summed E-state index contributed by atoms with van der Waals surface area (Å²) in [5.41, 5.74) is 7.92. The molecule has 0 aromatic heterocycles. The SMILES string of the molecule is COc1ccc(C2=N[C@H](c3ccc(Cl)cc3)[C@H](c3ccc(Cl)cc3)N2C(=O)N2CCN(C(N)=O)CC2)c(OC(C)C)c1. The van der Waals surface area contributed by atoms with Crippen molar-refractivity contribution in [1.82, 2.24) is 14.7 Å². The molecule has 1 saturated heterocycles. The maximum absolute atomic E-state index is 14.5. The van der Waals surface area contributed by atoms with Crippen LogP contribution in [0.25, 0.3) is 0 Å². The molecule has 3 aromatic rings. The number of ether oxygens (including phenoxy) is 2. The molecule has 1 fully saturated rings. The van der Waals surface area contributed by atoms with Gasteiger partial charge < -0.3 is 25.0 Å². The second-order valence-electron chi connectivity index (χ2n) is 10.4. The minimum atomic E-state index is -0.505. The lowest BCUT2D eigenvalue weighted by Gasteiger charge is -2.38. The number of nitrogens with zero attached hydrogens (tertiary/aromatic N) is 4. The second-order valence-corrected chi connectivity index (χ2v) is 11.3. The van der Waals surface area contributed by atoms with Gasteiger partial charge in [0.05, 0.1) is 24.8 Å². The summed E-state index contributed by atoms with van der Waals surface area (Å²) in [6.07, 6.45) is -0.136. The minimum absolute atomic E-state index is 0.136. The van der Waals surface area contributed by atoms with Crippen molar-refractivity contribution in [2.24, 2.45) is 10.7 Å². The highest BCUT2D eigenvalue weighted by Crippen LogP contribution is 2.46. The molecule has 0 unspecified atom stereocenters. The van der Waals surface area contributed by atoms with Crippen molar-refractivity contribution in [3.05, 3.63) is 93.5 Å². The van der Waals surface area contributed by atoms with Crippen molar-refractivity contribution in [3.63, 3.8) is 0 Å². The van der Waals surface area contributed by atoms with Crippen molar-refractivity contribution in [3.8, 4) is 11.5 Å². The number of halogens is 2. The van der Waals surface area contributed by atoms with E-state index in [2.05, 4.69) is 0 Å². The molecule has 0 radical (unpaired) electrons. The van der Waals surface area contributed by atoms with E-state index in [-0.39, 0.29) is 12.1 Å². The molecule has 0 bridgehead atoms. The largest absolute Gasteiger partial charge is 0.497 e. The molecule has 2 aliphatic rings. The van der Waals surface area contributed by atoms with Crippen LogP contribution in [0.1, 0.15) is 42.6 Å². The predicted octanol–water partition coefficient (Wildman–Crippen LogP) is 6.15. The fraction of sp³-hybridized carbons (Fsp3) is 0.323. The van der Waals surface area contributed by atoms with Crippen LogP contribution in [0, 0.1) is 0 Å². The van der Waals surface area contributed by atoms with Gasteiger partial charge in [0.25, 0.3) is 0 Å². The van der Waals surface area contributed by atoms with E-state index in [0.717, 1.165) is 11.1 Å². The average molecular weight is 611 g/mol. The van der Waals surface area contributed by atoms with E-state index < -0.39 is 18.1 Å². The van der Waals surface area contributed by atoms with E-state index >= 15 is 0 Å². The summed E-state index contributed by atoms with van der Waals surface area (Å²) in [6, 6.07) is 18.7. The van der Waals surface area contributed by atoms with Crippen molar-refractivity contribution in [2.75, 3.05) is 33.3 Å². The molecule has 3 aromatic carbocycles. The number of hydrogen-bond donors (Lipinski definition) is 1. The molecule has 4 amide bonds. The number of methoxy groups -OCH3 is 1. The molecule has 2 heterocycles. The van der Waals surface area contributed by atoms with Crippen LogP contribution in [0.2, 0.25) is 10.0 Å². The molecule has 2 atom stereocenters. The van der Waals surface area contributed by atoms with Gasteiger partial charge in [-0.25, -0.2) is 9.59 Å². The number of amides is 4. The smallest absolute Gasteiger partial charge is 0.326 e.